The predicted octanol–water partition coefficient (Wildman–Crippen LogP) is -0.363. The number of hydrogen-bond acceptors (Lipinski definition) is 4. The molecule has 0 aromatic carbocycles. The van der Waals surface area contributed by atoms with E-state index in [-0.39, 0.29) is 13.1 Å². The summed E-state index contributed by atoms with van der Waals surface area (Å²) >= 11 is 0. The van der Waals surface area contributed by atoms with Crippen LogP contribution < -0.4 is 5.32 Å². The molecule has 1 amide bonds. The fourth-order valence-corrected chi connectivity index (χ4v) is 2.68. The minimum absolute atomic E-state index is 0.272. The molecule has 8 heteroatoms. The maximum absolute atomic E-state index is 11.8. The maximum atomic E-state index is 11.8. The Balaban J connectivity index is 4.73. The lowest BCUT2D eigenvalue weighted by Gasteiger charge is -2.22. The van der Waals surface area contributed by atoms with Crippen molar-refractivity contribution in [3.8, 4) is 0 Å². The molecule has 0 radical (unpaired) electrons. The van der Waals surface area contributed by atoms with Gasteiger partial charge in [-0.25, -0.2) is 17.5 Å². The average molecular weight is 280 g/mol. The van der Waals surface area contributed by atoms with Crippen LogP contribution in [0.25, 0.3) is 0 Å². The zero-order valence-corrected chi connectivity index (χ0v) is 11.9. The van der Waals surface area contributed by atoms with Crippen LogP contribution in [0, 0.1) is 0 Å². The number of aliphatic carboxylic acids is 1. The molecule has 0 bridgehead atoms. The zero-order chi connectivity index (χ0) is 14.6. The van der Waals surface area contributed by atoms with E-state index in [1.807, 2.05) is 0 Å². The molecule has 0 spiro atoms. The standard InChI is InChI=1S/C10H20N2O5S/c1-5-12(6-2)18(16,17)7-8(13)11-10(3,4)9(14)15/h5-7H2,1-4H3,(H,11,13)(H,14,15). The van der Waals surface area contributed by atoms with Crippen LogP contribution in [0.2, 0.25) is 0 Å². The van der Waals surface area contributed by atoms with Crippen LogP contribution in [-0.4, -0.2) is 54.1 Å². The third-order valence-corrected chi connectivity index (χ3v) is 4.33. The molecule has 0 saturated carbocycles. The summed E-state index contributed by atoms with van der Waals surface area (Å²) < 4.78 is 24.7. The second kappa shape index (κ2) is 6.14. The van der Waals surface area contributed by atoms with Crippen molar-refractivity contribution in [1.82, 2.24) is 9.62 Å². The molecule has 0 aliphatic heterocycles. The number of nitrogens with zero attached hydrogens (tertiary/aromatic N) is 1. The highest BCUT2D eigenvalue weighted by Crippen LogP contribution is 2.04. The molecule has 0 unspecified atom stereocenters. The summed E-state index contributed by atoms with van der Waals surface area (Å²) in [5.74, 6) is -2.80. The molecule has 7 nitrogen and oxygen atoms in total. The van der Waals surface area contributed by atoms with Gasteiger partial charge in [0.25, 0.3) is 0 Å². The lowest BCUT2D eigenvalue weighted by Crippen LogP contribution is -2.52. The number of carbonyl (C=O) groups excluding carboxylic acids is 1. The summed E-state index contributed by atoms with van der Waals surface area (Å²) in [6, 6.07) is 0. The first-order valence-electron chi connectivity index (χ1n) is 5.59. The van der Waals surface area contributed by atoms with E-state index >= 15 is 0 Å². The Morgan fingerprint density at radius 2 is 1.67 bits per heavy atom. The molecule has 0 aromatic rings. The topological polar surface area (TPSA) is 104 Å². The molecule has 0 atom stereocenters. The molecule has 0 saturated heterocycles. The van der Waals surface area contributed by atoms with Gasteiger partial charge in [0, 0.05) is 13.1 Å². The van der Waals surface area contributed by atoms with Crippen molar-refractivity contribution in [2.75, 3.05) is 18.8 Å². The number of amides is 1. The number of nitrogens with one attached hydrogen (secondary N) is 1. The molecule has 2 N–H and O–H groups in total. The van der Waals surface area contributed by atoms with Gasteiger partial charge in [0.1, 0.15) is 11.3 Å². The molecular weight excluding hydrogens is 260 g/mol. The number of carboxylic acids is 1. The number of carbonyl (C=O) groups is 2. The fourth-order valence-electron chi connectivity index (χ4n) is 1.31. The number of sulfonamides is 1. The van der Waals surface area contributed by atoms with Gasteiger partial charge in [0.2, 0.25) is 15.9 Å². The Bertz CT molecular complexity index is 412. The molecule has 0 aliphatic carbocycles. The number of hydrogen-bond donors (Lipinski definition) is 2. The first-order valence-corrected chi connectivity index (χ1v) is 7.20. The van der Waals surface area contributed by atoms with E-state index < -0.39 is 33.2 Å². The van der Waals surface area contributed by atoms with Gasteiger partial charge in [0.15, 0.2) is 0 Å². The Morgan fingerprint density at radius 3 is 2.00 bits per heavy atom. The first-order chi connectivity index (χ1) is 8.06. The maximum Gasteiger partial charge on any atom is 0.328 e. The highest BCUT2D eigenvalue weighted by molar-refractivity contribution is 7.89. The SMILES string of the molecule is CCN(CC)S(=O)(=O)CC(=O)NC(C)(C)C(=O)O. The van der Waals surface area contributed by atoms with Crippen LogP contribution >= 0.6 is 0 Å². The van der Waals surface area contributed by atoms with Gasteiger partial charge in [-0.15, -0.1) is 0 Å². The minimum Gasteiger partial charge on any atom is -0.480 e. The average Bonchev–Trinajstić information content (AvgIpc) is 2.16. The summed E-state index contributed by atoms with van der Waals surface area (Å²) in [4.78, 5) is 22.3. The fraction of sp³-hybridized carbons (Fsp3) is 0.800. The van der Waals surface area contributed by atoms with Crippen molar-refractivity contribution in [2.24, 2.45) is 0 Å². The summed E-state index contributed by atoms with van der Waals surface area (Å²) in [5.41, 5.74) is -1.49. The Labute approximate surface area is 107 Å². The smallest absolute Gasteiger partial charge is 0.328 e. The molecule has 106 valence electrons. The van der Waals surface area contributed by atoms with E-state index in [0.717, 1.165) is 4.31 Å². The van der Waals surface area contributed by atoms with Crippen LogP contribution in [0.1, 0.15) is 27.7 Å². The van der Waals surface area contributed by atoms with Crippen LogP contribution in [0.5, 0.6) is 0 Å². The van der Waals surface area contributed by atoms with E-state index in [2.05, 4.69) is 5.32 Å². The molecule has 0 rings (SSSR count). The highest BCUT2D eigenvalue weighted by atomic mass is 32.2. The zero-order valence-electron chi connectivity index (χ0n) is 11.1. The number of carboxylic acid groups (broad SMARTS) is 1. The minimum atomic E-state index is -3.69. The Kier molecular flexibility index (Phi) is 5.75. The third-order valence-electron chi connectivity index (χ3n) is 2.40. The normalized spacial score (nSPS) is 12.5. The van der Waals surface area contributed by atoms with Gasteiger partial charge >= 0.3 is 5.97 Å². The van der Waals surface area contributed by atoms with Gasteiger partial charge in [-0.2, -0.15) is 0 Å². The van der Waals surface area contributed by atoms with Gasteiger partial charge in [-0.05, 0) is 13.8 Å². The Morgan fingerprint density at radius 1 is 1.22 bits per heavy atom. The summed E-state index contributed by atoms with van der Waals surface area (Å²) in [5, 5.41) is 11.0. The molecule has 18 heavy (non-hydrogen) atoms. The number of rotatable bonds is 7. The summed E-state index contributed by atoms with van der Waals surface area (Å²) in [6.07, 6.45) is 0. The highest BCUT2D eigenvalue weighted by Gasteiger charge is 2.31. The van der Waals surface area contributed by atoms with Crippen molar-refractivity contribution in [3.05, 3.63) is 0 Å². The van der Waals surface area contributed by atoms with Gasteiger partial charge in [0.05, 0.1) is 0 Å². The van der Waals surface area contributed by atoms with E-state index in [9.17, 15) is 18.0 Å². The molecule has 0 aromatic heterocycles. The second-order valence-corrected chi connectivity index (χ2v) is 6.29. The lowest BCUT2D eigenvalue weighted by molar-refractivity contribution is -0.145. The molecular formula is C10H20N2O5S. The monoisotopic (exact) mass is 280 g/mol. The van der Waals surface area contributed by atoms with Gasteiger partial charge in [-0.3, -0.25) is 4.79 Å². The third kappa shape index (κ3) is 4.61. The largest absolute Gasteiger partial charge is 0.480 e. The van der Waals surface area contributed by atoms with Crippen LogP contribution in [0.3, 0.4) is 0 Å². The van der Waals surface area contributed by atoms with Crippen molar-refractivity contribution < 1.29 is 23.1 Å². The van der Waals surface area contributed by atoms with Crippen molar-refractivity contribution >= 4 is 21.9 Å². The predicted molar refractivity (Wildman–Crippen MR) is 66.6 cm³/mol. The summed E-state index contributed by atoms with van der Waals surface area (Å²) in [7, 11) is -3.69. The van der Waals surface area contributed by atoms with Gasteiger partial charge in [-0.1, -0.05) is 13.8 Å². The quantitative estimate of drug-likeness (QED) is 0.662. The van der Waals surface area contributed by atoms with E-state index in [4.69, 9.17) is 5.11 Å². The van der Waals surface area contributed by atoms with Crippen molar-refractivity contribution in [2.45, 2.75) is 33.2 Å². The molecule has 0 aliphatic rings. The summed E-state index contributed by atoms with van der Waals surface area (Å²) in [6.45, 7) is 6.46. The van der Waals surface area contributed by atoms with E-state index in [1.165, 1.54) is 13.8 Å². The molecule has 0 fully saturated rings. The van der Waals surface area contributed by atoms with Crippen LogP contribution in [-0.2, 0) is 19.6 Å². The second-order valence-electron chi connectivity index (χ2n) is 4.32. The van der Waals surface area contributed by atoms with Crippen LogP contribution in [0.15, 0.2) is 0 Å². The van der Waals surface area contributed by atoms with Gasteiger partial charge < -0.3 is 10.4 Å². The lowest BCUT2D eigenvalue weighted by atomic mass is 10.1. The first kappa shape index (κ1) is 16.9. The Hall–Kier alpha value is -1.15. The molecule has 0 heterocycles. The van der Waals surface area contributed by atoms with Crippen molar-refractivity contribution in [1.29, 1.82) is 0 Å². The van der Waals surface area contributed by atoms with Crippen molar-refractivity contribution in [3.63, 3.8) is 0 Å². The van der Waals surface area contributed by atoms with E-state index in [0.29, 0.717) is 0 Å². The van der Waals surface area contributed by atoms with Crippen LogP contribution in [0.4, 0.5) is 0 Å². The van der Waals surface area contributed by atoms with E-state index in [1.54, 1.807) is 13.8 Å².